The molecule has 6 rings (SSSR count). The van der Waals surface area contributed by atoms with Crippen molar-refractivity contribution in [3.63, 3.8) is 0 Å². The molecule has 176 valence electrons. The van der Waals surface area contributed by atoms with Crippen LogP contribution in [0.2, 0.25) is 0 Å². The Hall–Kier alpha value is -3.58. The third-order valence-electron chi connectivity index (χ3n) is 6.07. The summed E-state index contributed by atoms with van der Waals surface area (Å²) >= 11 is 1.97. The number of likely N-dealkylation sites (tertiary alicyclic amines) is 1. The van der Waals surface area contributed by atoms with E-state index < -0.39 is 23.1 Å². The van der Waals surface area contributed by atoms with E-state index >= 15 is 4.39 Å². The van der Waals surface area contributed by atoms with Gasteiger partial charge in [0, 0.05) is 22.2 Å². The molecule has 2 aromatic carbocycles. The van der Waals surface area contributed by atoms with Crippen LogP contribution in [-0.4, -0.2) is 48.4 Å². The highest BCUT2D eigenvalue weighted by atomic mass is 127. The fraction of sp³-hybridized carbons (Fsp3) is 0.125. The summed E-state index contributed by atoms with van der Waals surface area (Å²) in [5.41, 5.74) is -0.0550. The molecule has 35 heavy (non-hydrogen) atoms. The minimum atomic E-state index is -1.36. The number of β-amino-alcohol motifs (C(OH)–C–C–N with tert-alkyl or cyclic N) is 1. The average Bonchev–Trinajstić information content (AvgIpc) is 3.47. The number of pyridine rings is 1. The molecule has 5 aromatic rings. The smallest absolute Gasteiger partial charge is 0.257 e. The summed E-state index contributed by atoms with van der Waals surface area (Å²) < 4.78 is 32.0. The number of aliphatic hydroxyl groups is 1. The number of nitrogens with zero attached hydrogens (tertiary/aromatic N) is 4. The van der Waals surface area contributed by atoms with Crippen molar-refractivity contribution in [1.29, 1.82) is 0 Å². The van der Waals surface area contributed by atoms with Crippen LogP contribution < -0.4 is 5.32 Å². The number of benzene rings is 2. The molecule has 0 radical (unpaired) electrons. The predicted molar refractivity (Wildman–Crippen MR) is 133 cm³/mol. The number of aromatic nitrogens is 4. The molecule has 0 saturated carbocycles. The second-order valence-electron chi connectivity index (χ2n) is 8.43. The number of para-hydroxylation sites is 2. The number of hydrogen-bond donors (Lipinski definition) is 3. The number of rotatable bonds is 4. The van der Waals surface area contributed by atoms with Gasteiger partial charge in [-0.05, 0) is 52.9 Å². The first kappa shape index (κ1) is 21.9. The van der Waals surface area contributed by atoms with Gasteiger partial charge in [-0.2, -0.15) is 0 Å². The quantitative estimate of drug-likeness (QED) is 0.275. The summed E-state index contributed by atoms with van der Waals surface area (Å²) in [6.07, 6.45) is 4.37. The zero-order chi connectivity index (χ0) is 24.3. The number of imidazole rings is 2. The first-order valence-corrected chi connectivity index (χ1v) is 11.7. The Morgan fingerprint density at radius 3 is 2.77 bits per heavy atom. The number of carbonyl (C=O) groups is 1. The zero-order valence-corrected chi connectivity index (χ0v) is 20.1. The first-order valence-electron chi connectivity index (χ1n) is 10.7. The van der Waals surface area contributed by atoms with E-state index in [1.165, 1.54) is 40.0 Å². The highest BCUT2D eigenvalue weighted by Crippen LogP contribution is 2.35. The minimum absolute atomic E-state index is 0.00244. The van der Waals surface area contributed by atoms with E-state index in [0.717, 1.165) is 5.52 Å². The van der Waals surface area contributed by atoms with Crippen molar-refractivity contribution < 1.29 is 18.7 Å². The van der Waals surface area contributed by atoms with Gasteiger partial charge >= 0.3 is 0 Å². The number of aromatic amines is 1. The largest absolute Gasteiger partial charge is 0.378 e. The van der Waals surface area contributed by atoms with Crippen LogP contribution in [0.15, 0.2) is 61.1 Å². The lowest BCUT2D eigenvalue weighted by molar-refractivity contribution is -0.0916. The lowest BCUT2D eigenvalue weighted by Gasteiger charge is -2.45. The molecule has 0 spiro atoms. The summed E-state index contributed by atoms with van der Waals surface area (Å²) in [7, 11) is 0. The number of nitrogens with one attached hydrogen (secondary N) is 2. The first-order chi connectivity index (χ1) is 16.8. The van der Waals surface area contributed by atoms with Crippen molar-refractivity contribution in [2.75, 3.05) is 18.4 Å². The van der Waals surface area contributed by atoms with Crippen molar-refractivity contribution in [3.05, 3.63) is 87.6 Å². The summed E-state index contributed by atoms with van der Waals surface area (Å²) in [5, 5.41) is 13.8. The molecular weight excluding hydrogens is 569 g/mol. The molecule has 11 heteroatoms. The second-order valence-corrected chi connectivity index (χ2v) is 9.68. The van der Waals surface area contributed by atoms with Crippen molar-refractivity contribution in [3.8, 4) is 0 Å². The van der Waals surface area contributed by atoms with Crippen LogP contribution >= 0.6 is 22.6 Å². The Morgan fingerprint density at radius 2 is 2.00 bits per heavy atom. The highest BCUT2D eigenvalue weighted by molar-refractivity contribution is 14.1. The summed E-state index contributed by atoms with van der Waals surface area (Å²) in [4.78, 5) is 26.4. The summed E-state index contributed by atoms with van der Waals surface area (Å²) in [6, 6.07) is 11.8. The molecule has 1 aliphatic rings. The summed E-state index contributed by atoms with van der Waals surface area (Å²) in [5.74, 6) is -1.53. The van der Waals surface area contributed by atoms with Gasteiger partial charge in [0.2, 0.25) is 0 Å². The van der Waals surface area contributed by atoms with Gasteiger partial charge in [0.05, 0.1) is 41.1 Å². The van der Waals surface area contributed by atoms with E-state index in [1.807, 2.05) is 46.9 Å². The summed E-state index contributed by atoms with van der Waals surface area (Å²) in [6.45, 7) is -0.0703. The van der Waals surface area contributed by atoms with E-state index in [9.17, 15) is 14.3 Å². The standard InChI is InChI=1S/C24H17F2IN6O2/c25-15-9-13(27)5-6-16(15)29-20-14(10-32-8-7-28-21(32)19(20)26)22(34)33-11-24(35,12-33)23-30-17-3-1-2-4-18(17)31-23/h1-10,29,35H,11-12H2,(H,30,31). The number of carbonyl (C=O) groups excluding carboxylic acids is 1. The Balaban J connectivity index is 1.34. The molecular formula is C24H17F2IN6O2. The van der Waals surface area contributed by atoms with Crippen LogP contribution in [0.3, 0.4) is 0 Å². The molecule has 0 bridgehead atoms. The Kier molecular flexibility index (Phi) is 5.00. The molecule has 4 heterocycles. The lowest BCUT2D eigenvalue weighted by atomic mass is 9.92. The third-order valence-corrected chi connectivity index (χ3v) is 6.74. The Morgan fingerprint density at radius 1 is 1.20 bits per heavy atom. The van der Waals surface area contributed by atoms with Gasteiger partial charge in [-0.3, -0.25) is 4.79 Å². The van der Waals surface area contributed by atoms with Crippen LogP contribution in [0.1, 0.15) is 16.2 Å². The Labute approximate surface area is 210 Å². The monoisotopic (exact) mass is 586 g/mol. The topological polar surface area (TPSA) is 98.6 Å². The second kappa shape index (κ2) is 7.99. The van der Waals surface area contributed by atoms with Crippen molar-refractivity contribution >= 4 is 56.6 Å². The van der Waals surface area contributed by atoms with E-state index in [0.29, 0.717) is 14.9 Å². The van der Waals surface area contributed by atoms with Gasteiger partial charge in [0.25, 0.3) is 5.91 Å². The van der Waals surface area contributed by atoms with Crippen molar-refractivity contribution in [2.24, 2.45) is 0 Å². The normalized spacial score (nSPS) is 14.9. The van der Waals surface area contributed by atoms with Crippen molar-refractivity contribution in [1.82, 2.24) is 24.3 Å². The van der Waals surface area contributed by atoms with Gasteiger partial charge in [-0.15, -0.1) is 0 Å². The van der Waals surface area contributed by atoms with Crippen LogP contribution in [0.5, 0.6) is 0 Å². The molecule has 8 nitrogen and oxygen atoms in total. The molecule has 0 unspecified atom stereocenters. The van der Waals surface area contributed by atoms with Crippen LogP contribution in [0.25, 0.3) is 16.7 Å². The average molecular weight is 586 g/mol. The van der Waals surface area contributed by atoms with Gasteiger partial charge in [0.15, 0.2) is 17.1 Å². The predicted octanol–water partition coefficient (Wildman–Crippen LogP) is 4.18. The van der Waals surface area contributed by atoms with E-state index in [2.05, 4.69) is 20.3 Å². The number of H-pyrrole nitrogens is 1. The number of hydrogen-bond acceptors (Lipinski definition) is 5. The molecule has 1 aliphatic heterocycles. The van der Waals surface area contributed by atoms with Gasteiger partial charge < -0.3 is 24.7 Å². The Bertz CT molecular complexity index is 1590. The van der Waals surface area contributed by atoms with Crippen LogP contribution in [-0.2, 0) is 5.60 Å². The maximum absolute atomic E-state index is 15.4. The molecule has 3 N–H and O–H groups in total. The fourth-order valence-electron chi connectivity index (χ4n) is 4.25. The van der Waals surface area contributed by atoms with Gasteiger partial charge in [-0.1, -0.05) is 12.1 Å². The SMILES string of the molecule is O=C(c1cn2ccnc2c(F)c1Nc1ccc(I)cc1F)N1CC(O)(c2nc3ccccc3[nH]2)C1. The lowest BCUT2D eigenvalue weighted by Crippen LogP contribution is -2.61. The molecule has 0 aliphatic carbocycles. The van der Waals surface area contributed by atoms with E-state index in [4.69, 9.17) is 0 Å². The van der Waals surface area contributed by atoms with Gasteiger partial charge in [-0.25, -0.2) is 18.7 Å². The van der Waals surface area contributed by atoms with Gasteiger partial charge in [0.1, 0.15) is 11.6 Å². The van der Waals surface area contributed by atoms with Crippen LogP contribution in [0, 0.1) is 15.2 Å². The molecule has 1 fully saturated rings. The maximum atomic E-state index is 15.4. The van der Waals surface area contributed by atoms with E-state index in [-0.39, 0.29) is 35.7 Å². The molecule has 1 amide bonds. The molecule has 3 aromatic heterocycles. The number of halogens is 3. The number of amides is 1. The molecule has 0 atom stereocenters. The molecule has 1 saturated heterocycles. The number of fused-ring (bicyclic) bond motifs is 2. The third kappa shape index (κ3) is 3.62. The van der Waals surface area contributed by atoms with Crippen molar-refractivity contribution in [2.45, 2.75) is 5.60 Å². The minimum Gasteiger partial charge on any atom is -0.378 e. The van der Waals surface area contributed by atoms with E-state index in [1.54, 1.807) is 6.07 Å². The fourth-order valence-corrected chi connectivity index (χ4v) is 4.71. The zero-order valence-electron chi connectivity index (χ0n) is 18.0. The van der Waals surface area contributed by atoms with Crippen LogP contribution in [0.4, 0.5) is 20.2 Å². The number of anilines is 2. The highest BCUT2D eigenvalue weighted by Gasteiger charge is 2.48. The maximum Gasteiger partial charge on any atom is 0.257 e.